The van der Waals surface area contributed by atoms with E-state index in [4.69, 9.17) is 11.6 Å². The molecule has 2 nitrogen and oxygen atoms in total. The predicted molar refractivity (Wildman–Crippen MR) is 85.9 cm³/mol. The molecule has 0 unspecified atom stereocenters. The van der Waals surface area contributed by atoms with Crippen molar-refractivity contribution in [2.24, 2.45) is 0 Å². The Morgan fingerprint density at radius 2 is 1.90 bits per heavy atom. The van der Waals surface area contributed by atoms with E-state index in [1.807, 2.05) is 48.8 Å². The Morgan fingerprint density at radius 3 is 2.65 bits per heavy atom. The van der Waals surface area contributed by atoms with Crippen LogP contribution in [0.1, 0.15) is 5.56 Å². The zero-order chi connectivity index (χ0) is 13.9. The van der Waals surface area contributed by atoms with Gasteiger partial charge in [-0.15, -0.1) is 0 Å². The second-order valence-corrected chi connectivity index (χ2v) is 5.87. The molecule has 0 N–H and O–H groups in total. The Balaban J connectivity index is 1.98. The lowest BCUT2D eigenvalue weighted by Gasteiger charge is -2.09. The van der Waals surface area contributed by atoms with E-state index in [2.05, 4.69) is 37.6 Å². The average molecular weight is 348 g/mol. The fourth-order valence-corrected chi connectivity index (χ4v) is 3.02. The maximum Gasteiger partial charge on any atom is 0.140 e. The van der Waals surface area contributed by atoms with Gasteiger partial charge in [0.05, 0.1) is 0 Å². The van der Waals surface area contributed by atoms with Gasteiger partial charge >= 0.3 is 0 Å². The van der Waals surface area contributed by atoms with Crippen LogP contribution in [0.25, 0.3) is 11.4 Å². The summed E-state index contributed by atoms with van der Waals surface area (Å²) in [5.74, 6) is 0.914. The van der Waals surface area contributed by atoms with Crippen LogP contribution in [0.2, 0.25) is 5.02 Å². The third-order valence-corrected chi connectivity index (χ3v) is 3.71. The summed E-state index contributed by atoms with van der Waals surface area (Å²) >= 11 is 9.58. The third-order valence-electron chi connectivity index (χ3n) is 3.03. The van der Waals surface area contributed by atoms with E-state index < -0.39 is 0 Å². The highest BCUT2D eigenvalue weighted by Gasteiger charge is 2.08. The van der Waals surface area contributed by atoms with Crippen LogP contribution in [0.3, 0.4) is 0 Å². The van der Waals surface area contributed by atoms with E-state index in [1.165, 1.54) is 5.56 Å². The maximum absolute atomic E-state index is 6.11. The van der Waals surface area contributed by atoms with Crippen molar-refractivity contribution < 1.29 is 0 Å². The summed E-state index contributed by atoms with van der Waals surface area (Å²) in [4.78, 5) is 4.45. The fraction of sp³-hybridized carbons (Fsp3) is 0.0625. The van der Waals surface area contributed by atoms with Crippen molar-refractivity contribution in [3.8, 4) is 11.4 Å². The van der Waals surface area contributed by atoms with Gasteiger partial charge in [0.2, 0.25) is 0 Å². The molecule has 100 valence electrons. The SMILES string of the molecule is Clc1cc(Br)cc(-c2nccn2Cc2ccccc2)c1. The van der Waals surface area contributed by atoms with Gasteiger partial charge in [-0.1, -0.05) is 57.9 Å². The van der Waals surface area contributed by atoms with Gasteiger partial charge in [0.15, 0.2) is 0 Å². The van der Waals surface area contributed by atoms with Gasteiger partial charge in [-0.2, -0.15) is 0 Å². The molecule has 2 aromatic carbocycles. The van der Waals surface area contributed by atoms with E-state index in [-0.39, 0.29) is 0 Å². The summed E-state index contributed by atoms with van der Waals surface area (Å²) in [6.07, 6.45) is 3.80. The topological polar surface area (TPSA) is 17.8 Å². The first-order chi connectivity index (χ1) is 9.72. The first kappa shape index (κ1) is 13.4. The Kier molecular flexibility index (Phi) is 3.90. The molecule has 0 aliphatic carbocycles. The van der Waals surface area contributed by atoms with Crippen LogP contribution in [0, 0.1) is 0 Å². The van der Waals surface area contributed by atoms with Crippen molar-refractivity contribution in [1.29, 1.82) is 0 Å². The first-order valence-corrected chi connectivity index (χ1v) is 7.41. The van der Waals surface area contributed by atoms with Gasteiger partial charge in [0.25, 0.3) is 0 Å². The predicted octanol–water partition coefficient (Wildman–Crippen LogP) is 5.01. The summed E-state index contributed by atoms with van der Waals surface area (Å²) < 4.78 is 3.07. The van der Waals surface area contributed by atoms with E-state index in [0.717, 1.165) is 22.4 Å². The Bertz CT molecular complexity index is 702. The van der Waals surface area contributed by atoms with E-state index in [1.54, 1.807) is 0 Å². The zero-order valence-electron chi connectivity index (χ0n) is 10.6. The molecule has 3 rings (SSSR count). The molecule has 0 fully saturated rings. The molecule has 0 aliphatic rings. The summed E-state index contributed by atoms with van der Waals surface area (Å²) in [5.41, 5.74) is 2.25. The number of hydrogen-bond acceptors (Lipinski definition) is 1. The van der Waals surface area contributed by atoms with Crippen molar-refractivity contribution in [3.05, 3.63) is 76.0 Å². The Morgan fingerprint density at radius 1 is 1.10 bits per heavy atom. The molecule has 0 aliphatic heterocycles. The minimum atomic E-state index is 0.698. The number of nitrogens with zero attached hydrogens (tertiary/aromatic N) is 2. The largest absolute Gasteiger partial charge is 0.327 e. The van der Waals surface area contributed by atoms with Crippen LogP contribution in [-0.2, 0) is 6.54 Å². The monoisotopic (exact) mass is 346 g/mol. The van der Waals surface area contributed by atoms with Crippen LogP contribution in [0.4, 0.5) is 0 Å². The highest BCUT2D eigenvalue weighted by Crippen LogP contribution is 2.26. The van der Waals surface area contributed by atoms with Crippen LogP contribution in [0.5, 0.6) is 0 Å². The summed E-state index contributed by atoms with van der Waals surface area (Å²) in [6.45, 7) is 0.792. The van der Waals surface area contributed by atoms with Crippen molar-refractivity contribution in [2.45, 2.75) is 6.54 Å². The molecular weight excluding hydrogens is 336 g/mol. The molecule has 0 atom stereocenters. The quantitative estimate of drug-likeness (QED) is 0.651. The lowest BCUT2D eigenvalue weighted by Crippen LogP contribution is -2.00. The molecule has 0 amide bonds. The minimum absolute atomic E-state index is 0.698. The maximum atomic E-state index is 6.11. The Labute approximate surface area is 131 Å². The molecule has 1 aromatic heterocycles. The Hall–Kier alpha value is -1.58. The number of rotatable bonds is 3. The lowest BCUT2D eigenvalue weighted by molar-refractivity contribution is 0.807. The van der Waals surface area contributed by atoms with Crippen molar-refractivity contribution in [2.75, 3.05) is 0 Å². The van der Waals surface area contributed by atoms with Gasteiger partial charge in [-0.25, -0.2) is 4.98 Å². The second-order valence-electron chi connectivity index (χ2n) is 4.52. The van der Waals surface area contributed by atoms with E-state index >= 15 is 0 Å². The number of aromatic nitrogens is 2. The fourth-order valence-electron chi connectivity index (χ4n) is 2.16. The van der Waals surface area contributed by atoms with Gasteiger partial charge in [-0.3, -0.25) is 0 Å². The average Bonchev–Trinajstić information content (AvgIpc) is 2.87. The number of hydrogen-bond donors (Lipinski definition) is 0. The molecule has 0 spiro atoms. The zero-order valence-corrected chi connectivity index (χ0v) is 13.0. The lowest BCUT2D eigenvalue weighted by atomic mass is 10.2. The van der Waals surface area contributed by atoms with Gasteiger partial charge in [0.1, 0.15) is 5.82 Å². The second kappa shape index (κ2) is 5.81. The summed E-state index contributed by atoms with van der Waals surface area (Å²) in [6, 6.07) is 16.1. The van der Waals surface area contributed by atoms with E-state index in [0.29, 0.717) is 5.02 Å². The minimum Gasteiger partial charge on any atom is -0.327 e. The standard InChI is InChI=1S/C16H12BrClN2/c17-14-8-13(9-15(18)10-14)16-19-6-7-20(16)11-12-4-2-1-3-5-12/h1-10H,11H2. The molecule has 3 aromatic rings. The first-order valence-electron chi connectivity index (χ1n) is 6.24. The number of halogens is 2. The molecule has 4 heteroatoms. The highest BCUT2D eigenvalue weighted by atomic mass is 79.9. The molecule has 0 bridgehead atoms. The molecule has 20 heavy (non-hydrogen) atoms. The van der Waals surface area contributed by atoms with Crippen LogP contribution < -0.4 is 0 Å². The number of imidazole rings is 1. The molecular formula is C16H12BrClN2. The van der Waals surface area contributed by atoms with Gasteiger partial charge < -0.3 is 4.57 Å². The van der Waals surface area contributed by atoms with Crippen molar-refractivity contribution in [1.82, 2.24) is 9.55 Å². The number of benzene rings is 2. The van der Waals surface area contributed by atoms with Crippen LogP contribution in [0.15, 0.2) is 65.4 Å². The normalized spacial score (nSPS) is 10.7. The summed E-state index contributed by atoms with van der Waals surface area (Å²) in [5, 5.41) is 0.698. The van der Waals surface area contributed by atoms with Crippen molar-refractivity contribution >= 4 is 27.5 Å². The van der Waals surface area contributed by atoms with Crippen LogP contribution >= 0.6 is 27.5 Å². The molecule has 0 saturated heterocycles. The third kappa shape index (κ3) is 2.94. The van der Waals surface area contributed by atoms with Gasteiger partial charge in [0, 0.05) is 34.0 Å². The van der Waals surface area contributed by atoms with E-state index in [9.17, 15) is 0 Å². The van der Waals surface area contributed by atoms with Crippen molar-refractivity contribution in [3.63, 3.8) is 0 Å². The molecule has 0 radical (unpaired) electrons. The smallest absolute Gasteiger partial charge is 0.140 e. The molecule has 0 saturated carbocycles. The summed E-state index contributed by atoms with van der Waals surface area (Å²) in [7, 11) is 0. The van der Waals surface area contributed by atoms with Crippen LogP contribution in [-0.4, -0.2) is 9.55 Å². The van der Waals surface area contributed by atoms with Gasteiger partial charge in [-0.05, 0) is 23.8 Å². The molecule has 1 heterocycles. The highest BCUT2D eigenvalue weighted by molar-refractivity contribution is 9.10.